The van der Waals surface area contributed by atoms with Gasteiger partial charge in [-0.1, -0.05) is 11.6 Å². The van der Waals surface area contributed by atoms with E-state index in [1.165, 1.54) is 35.5 Å². The number of nitrogens with two attached hydrogens (primary N) is 1. The topological polar surface area (TPSA) is 246 Å². The van der Waals surface area contributed by atoms with Gasteiger partial charge in [0.15, 0.2) is 0 Å². The number of anilines is 3. The van der Waals surface area contributed by atoms with Crippen LogP contribution in [-0.2, 0) is 14.2 Å². The third kappa shape index (κ3) is 22.7. The quantitative estimate of drug-likeness (QED) is 0.0640. The van der Waals surface area contributed by atoms with Gasteiger partial charge in [-0.05, 0) is 182 Å². The van der Waals surface area contributed by atoms with Gasteiger partial charge in [0.2, 0.25) is 0 Å². The number of carbonyl (C=O) groups is 3. The number of alkyl carbamates (subject to hydrolysis) is 3. The molecule has 0 saturated carbocycles. The lowest BCUT2D eigenvalue weighted by molar-refractivity contribution is -0.385. The Bertz CT molecular complexity index is 2240. The molecule has 71 heavy (non-hydrogen) atoms. The molecule has 3 aliphatic rings. The van der Waals surface area contributed by atoms with E-state index in [-0.39, 0.29) is 52.7 Å². The lowest BCUT2D eigenvalue weighted by Crippen LogP contribution is -2.46. The van der Waals surface area contributed by atoms with E-state index in [9.17, 15) is 34.6 Å². The summed E-state index contributed by atoms with van der Waals surface area (Å²) in [5.74, 6) is 0. The number of non-ortho nitro benzene ring substituents is 2. The highest BCUT2D eigenvalue weighted by Gasteiger charge is 2.27. The van der Waals surface area contributed by atoms with Gasteiger partial charge < -0.3 is 51.0 Å². The minimum atomic E-state index is -0.499. The normalized spacial score (nSPS) is 15.7. The second-order valence-corrected chi connectivity index (χ2v) is 21.4. The van der Waals surface area contributed by atoms with Crippen molar-refractivity contribution >= 4 is 58.3 Å². The molecule has 3 aliphatic heterocycles. The molecule has 19 nitrogen and oxygen atoms in total. The summed E-state index contributed by atoms with van der Waals surface area (Å²) in [6, 6.07) is 15.8. The molecule has 3 fully saturated rings. The zero-order valence-corrected chi connectivity index (χ0v) is 44.5. The molecule has 0 aromatic heterocycles. The van der Waals surface area contributed by atoms with E-state index < -0.39 is 21.7 Å². The molecule has 0 spiro atoms. The summed E-state index contributed by atoms with van der Waals surface area (Å²) < 4.78 is 15.8. The number of hydrogen-bond acceptors (Lipinski definition) is 14. The van der Waals surface area contributed by atoms with E-state index in [2.05, 4.69) is 44.1 Å². The van der Waals surface area contributed by atoms with E-state index in [0.29, 0.717) is 5.02 Å². The average Bonchev–Trinajstić information content (AvgIpc) is 3.24. The third-order valence-corrected chi connectivity index (χ3v) is 11.6. The second-order valence-electron chi connectivity index (χ2n) is 21.0. The molecule has 0 aliphatic carbocycles. The van der Waals surface area contributed by atoms with Crippen molar-refractivity contribution in [3.8, 4) is 0 Å². The number of nitro benzene ring substituents is 2. The van der Waals surface area contributed by atoms with E-state index in [4.69, 9.17) is 31.5 Å². The number of carbonyl (C=O) groups excluding carboxylic acids is 3. The molecule has 0 radical (unpaired) electrons. The van der Waals surface area contributed by atoms with Crippen LogP contribution >= 0.6 is 11.6 Å². The summed E-state index contributed by atoms with van der Waals surface area (Å²) in [6.45, 7) is 27.8. The van der Waals surface area contributed by atoms with Gasteiger partial charge in [-0.3, -0.25) is 20.2 Å². The van der Waals surface area contributed by atoms with Crippen LogP contribution in [0.2, 0.25) is 5.02 Å². The molecule has 0 atom stereocenters. The minimum absolute atomic E-state index is 0.0758. The first kappa shape index (κ1) is 59.2. The number of piperidine rings is 3. The average molecular weight is 1010 g/mol. The SMILES string of the molecule is CC(C)(C)OC(=O)NC1CCNCC1.Cc1cc(N)ccc1N1CCC(NC(=O)OC(C)(C)C)CC1.Cc1cc([N+](=O)[O-])ccc1Cl.Cc1cc([N+](=O)[O-])ccc1N1CCC(NC(=O)OC(C)(C)C)CC1. The van der Waals surface area contributed by atoms with Crippen molar-refractivity contribution in [3.05, 3.63) is 96.5 Å². The van der Waals surface area contributed by atoms with E-state index in [1.807, 2.05) is 81.4 Å². The summed E-state index contributed by atoms with van der Waals surface area (Å²) in [4.78, 5) is 59.8. The number of hydrogen-bond donors (Lipinski definition) is 5. The summed E-state index contributed by atoms with van der Waals surface area (Å²) in [5.41, 5.74) is 10.5. The Kier molecular flexibility index (Phi) is 22.5. The fourth-order valence-electron chi connectivity index (χ4n) is 7.80. The van der Waals surface area contributed by atoms with Crippen LogP contribution in [0.1, 0.15) is 118 Å². The van der Waals surface area contributed by atoms with Gasteiger partial charge in [0, 0.05) is 90.7 Å². The van der Waals surface area contributed by atoms with E-state index in [0.717, 1.165) is 100 Å². The molecule has 0 bridgehead atoms. The van der Waals surface area contributed by atoms with Crippen molar-refractivity contribution in [2.75, 3.05) is 54.8 Å². The van der Waals surface area contributed by atoms with E-state index in [1.54, 1.807) is 19.1 Å². The van der Waals surface area contributed by atoms with Crippen LogP contribution in [0.15, 0.2) is 54.6 Å². The van der Waals surface area contributed by atoms with Crippen LogP contribution in [0.4, 0.5) is 42.8 Å². The molecule has 3 aromatic carbocycles. The Labute approximate surface area is 424 Å². The lowest BCUT2D eigenvalue weighted by atomic mass is 10.0. The molecule has 3 amide bonds. The predicted molar refractivity (Wildman–Crippen MR) is 281 cm³/mol. The number of halogens is 1. The highest BCUT2D eigenvalue weighted by Crippen LogP contribution is 2.28. The molecule has 6 rings (SSSR count). The van der Waals surface area contributed by atoms with Crippen molar-refractivity contribution in [1.29, 1.82) is 0 Å². The van der Waals surface area contributed by atoms with Gasteiger partial charge in [0.05, 0.1) is 9.85 Å². The summed E-state index contributed by atoms with van der Waals surface area (Å²) in [6.07, 6.45) is 4.43. The monoisotopic (exact) mass is 1010 g/mol. The second kappa shape index (κ2) is 26.9. The standard InChI is InChI=1S/C17H25N3O4.C17H27N3O2.C10H20N2O2.C7H6ClNO2/c1-12-11-14(20(22)23)5-6-15(12)19-9-7-13(8-10-19)18-16(21)24-17(2,3)4;1-12-11-13(18)5-6-15(12)20-9-7-14(8-10-20)19-16(21)22-17(2,3)4;1-10(2,3)14-9(13)12-8-4-6-11-7-5-8;1-5-4-6(9(10)11)2-3-7(5)8/h5-6,11,13H,7-10H2,1-4H3,(H,18,21);5-6,11,14H,7-10,18H2,1-4H3,(H,19,21);8,11H,4-7H2,1-3H3,(H,12,13);2-4H,1H3. The molecular weight excluding hydrogens is 934 g/mol. The summed E-state index contributed by atoms with van der Waals surface area (Å²) in [5, 5.41) is 33.6. The maximum absolute atomic E-state index is 11.8. The van der Waals surface area contributed by atoms with Crippen LogP contribution in [-0.4, -0.2) is 102 Å². The Hall–Kier alpha value is -6.08. The van der Waals surface area contributed by atoms with Gasteiger partial charge in [0.25, 0.3) is 11.4 Å². The Morgan fingerprint density at radius 3 is 1.25 bits per heavy atom. The van der Waals surface area contributed by atoms with Gasteiger partial charge >= 0.3 is 18.3 Å². The fourth-order valence-corrected chi connectivity index (χ4v) is 7.92. The smallest absolute Gasteiger partial charge is 0.407 e. The number of aryl methyl sites for hydroxylation is 3. The zero-order chi connectivity index (χ0) is 53.3. The van der Waals surface area contributed by atoms with Gasteiger partial charge in [-0.2, -0.15) is 0 Å². The van der Waals surface area contributed by atoms with Crippen LogP contribution in [0.25, 0.3) is 0 Å². The predicted octanol–water partition coefficient (Wildman–Crippen LogP) is 10.3. The van der Waals surface area contributed by atoms with Crippen molar-refractivity contribution in [2.45, 2.75) is 157 Å². The van der Waals surface area contributed by atoms with Crippen molar-refractivity contribution in [2.24, 2.45) is 0 Å². The van der Waals surface area contributed by atoms with Crippen LogP contribution in [0.5, 0.6) is 0 Å². The lowest BCUT2D eigenvalue weighted by Gasteiger charge is -2.35. The molecular formula is C51H78ClN9O10. The number of nitrogens with zero attached hydrogens (tertiary/aromatic N) is 4. The highest BCUT2D eigenvalue weighted by atomic mass is 35.5. The molecule has 3 saturated heterocycles. The first-order chi connectivity index (χ1) is 33.0. The Morgan fingerprint density at radius 1 is 0.577 bits per heavy atom. The third-order valence-electron chi connectivity index (χ3n) is 11.1. The number of nitro groups is 2. The molecule has 394 valence electrons. The maximum Gasteiger partial charge on any atom is 0.407 e. The van der Waals surface area contributed by atoms with Gasteiger partial charge in [-0.25, -0.2) is 14.4 Å². The van der Waals surface area contributed by atoms with Crippen molar-refractivity contribution in [3.63, 3.8) is 0 Å². The summed E-state index contributed by atoms with van der Waals surface area (Å²) >= 11 is 5.66. The minimum Gasteiger partial charge on any atom is -0.444 e. The number of nitrogen functional groups attached to an aromatic ring is 1. The maximum atomic E-state index is 11.8. The molecule has 6 N–H and O–H groups in total. The first-order valence-corrected chi connectivity index (χ1v) is 24.6. The number of rotatable bonds is 7. The van der Waals surface area contributed by atoms with E-state index >= 15 is 0 Å². The molecule has 0 unspecified atom stereocenters. The Morgan fingerprint density at radius 2 is 0.915 bits per heavy atom. The molecule has 20 heteroatoms. The largest absolute Gasteiger partial charge is 0.444 e. The number of amides is 3. The van der Waals surface area contributed by atoms with Gasteiger partial charge in [-0.15, -0.1) is 0 Å². The number of benzene rings is 3. The van der Waals surface area contributed by atoms with Crippen LogP contribution in [0, 0.1) is 41.0 Å². The molecule has 3 aromatic rings. The van der Waals surface area contributed by atoms with Crippen molar-refractivity contribution < 1.29 is 38.4 Å². The van der Waals surface area contributed by atoms with Crippen LogP contribution < -0.4 is 36.8 Å². The number of nitrogens with one attached hydrogen (secondary N) is 4. The Balaban J connectivity index is 0.000000261. The van der Waals surface area contributed by atoms with Crippen LogP contribution in [0.3, 0.4) is 0 Å². The fraction of sp³-hybridized carbons (Fsp3) is 0.588. The van der Waals surface area contributed by atoms with Gasteiger partial charge in [0.1, 0.15) is 16.8 Å². The summed E-state index contributed by atoms with van der Waals surface area (Å²) in [7, 11) is 0. The number of ether oxygens (including phenoxy) is 3. The molecule has 3 heterocycles. The van der Waals surface area contributed by atoms with Crippen molar-refractivity contribution in [1.82, 2.24) is 21.3 Å². The highest BCUT2D eigenvalue weighted by molar-refractivity contribution is 6.31. The zero-order valence-electron chi connectivity index (χ0n) is 43.7. The first-order valence-electron chi connectivity index (χ1n) is 24.2.